The Hall–Kier alpha value is -1.88. The number of fused-ring (bicyclic) bond motifs is 1. The molecule has 1 atom stereocenters. The van der Waals surface area contributed by atoms with E-state index < -0.39 is 17.2 Å². The van der Waals surface area contributed by atoms with Crippen molar-refractivity contribution in [3.8, 4) is 5.75 Å². The zero-order valence-electron chi connectivity index (χ0n) is 9.52. The zero-order valence-corrected chi connectivity index (χ0v) is 9.52. The van der Waals surface area contributed by atoms with E-state index in [-0.39, 0.29) is 23.5 Å². The van der Waals surface area contributed by atoms with Gasteiger partial charge >= 0.3 is 5.63 Å². The minimum Gasteiger partial charge on any atom is -0.453 e. The van der Waals surface area contributed by atoms with Crippen LogP contribution in [0.3, 0.4) is 0 Å². The Morgan fingerprint density at radius 2 is 2.18 bits per heavy atom. The van der Waals surface area contributed by atoms with E-state index in [1.807, 2.05) is 0 Å². The van der Waals surface area contributed by atoms with E-state index in [0.29, 0.717) is 0 Å². The smallest absolute Gasteiger partial charge is 0.351 e. The monoisotopic (exact) mass is 236 g/mol. The number of hydrogen-bond acceptors (Lipinski definition) is 5. The summed E-state index contributed by atoms with van der Waals surface area (Å²) >= 11 is 0. The lowest BCUT2D eigenvalue weighted by Gasteiger charge is -2.17. The minimum atomic E-state index is -1.94. The topological polar surface area (TPSA) is 76.7 Å². The third-order valence-corrected chi connectivity index (χ3v) is 2.61. The number of carbonyl (C=O) groups is 1. The molecule has 90 valence electrons. The quantitative estimate of drug-likeness (QED) is 0.838. The van der Waals surface area contributed by atoms with Crippen LogP contribution in [0.1, 0.15) is 36.4 Å². The van der Waals surface area contributed by atoms with Gasteiger partial charge in [-0.2, -0.15) is 0 Å². The molecule has 2 rings (SSSR count). The van der Waals surface area contributed by atoms with E-state index in [1.54, 1.807) is 26.0 Å². The van der Waals surface area contributed by atoms with Crippen LogP contribution in [-0.2, 0) is 0 Å². The Morgan fingerprint density at radius 1 is 1.47 bits per heavy atom. The molecule has 17 heavy (non-hydrogen) atoms. The average Bonchev–Trinajstić information content (AvgIpc) is 2.53. The van der Waals surface area contributed by atoms with Gasteiger partial charge in [0.25, 0.3) is 5.79 Å². The predicted molar refractivity (Wildman–Crippen MR) is 59.9 cm³/mol. The van der Waals surface area contributed by atoms with Crippen molar-refractivity contribution in [3.63, 3.8) is 0 Å². The van der Waals surface area contributed by atoms with Gasteiger partial charge in [0, 0.05) is 12.5 Å². The van der Waals surface area contributed by atoms with Crippen molar-refractivity contribution in [2.75, 3.05) is 0 Å². The maximum Gasteiger partial charge on any atom is 0.351 e. The van der Waals surface area contributed by atoms with Crippen LogP contribution in [0.15, 0.2) is 21.4 Å². The fraction of sp³-hybridized carbons (Fsp3) is 0.333. The molecule has 1 aromatic rings. The molecule has 1 aliphatic rings. The first kappa shape index (κ1) is 11.6. The molecule has 0 amide bonds. The highest BCUT2D eigenvalue weighted by Gasteiger charge is 2.47. The molecule has 1 aromatic heterocycles. The van der Waals surface area contributed by atoms with Crippen LogP contribution >= 0.6 is 0 Å². The summed E-state index contributed by atoms with van der Waals surface area (Å²) in [5, 5.41) is 9.86. The molecular formula is C12H12O5. The van der Waals surface area contributed by atoms with Crippen LogP contribution in [0.5, 0.6) is 5.75 Å². The predicted octanol–water partition coefficient (Wildman–Crippen LogP) is 1.35. The minimum absolute atomic E-state index is 0.0684. The number of allylic oxidation sites excluding steroid dienone is 1. The van der Waals surface area contributed by atoms with Gasteiger partial charge in [-0.1, -0.05) is 13.0 Å². The van der Waals surface area contributed by atoms with E-state index in [4.69, 9.17) is 9.15 Å². The van der Waals surface area contributed by atoms with Gasteiger partial charge in [0.1, 0.15) is 11.5 Å². The lowest BCUT2D eigenvalue weighted by molar-refractivity contribution is -0.0917. The summed E-state index contributed by atoms with van der Waals surface area (Å²) in [5.41, 5.74) is -1.01. The number of carbonyl (C=O) groups excluding carboxylic acids is 1. The highest BCUT2D eigenvalue weighted by Crippen LogP contribution is 2.34. The highest BCUT2D eigenvalue weighted by atomic mass is 16.6. The number of ketones is 1. The molecule has 0 aromatic carbocycles. The maximum atomic E-state index is 11.8. The number of aliphatic hydroxyl groups is 1. The van der Waals surface area contributed by atoms with Crippen LogP contribution in [0.4, 0.5) is 0 Å². The van der Waals surface area contributed by atoms with Crippen LogP contribution in [-0.4, -0.2) is 16.7 Å². The molecule has 5 heteroatoms. The SMILES string of the molecule is C/C=C/c1cc2c(c(=O)o1)C(=O)[C@](O)(CC)O2. The van der Waals surface area contributed by atoms with Crippen molar-refractivity contribution >= 4 is 11.9 Å². The standard InChI is InChI=1S/C12H12O5/c1-3-5-7-6-8-9(11(14)16-7)10(13)12(15,4-2)17-8/h3,5-6,15H,4H2,1-2H3/b5-3+/t12-/m0/s1. The van der Waals surface area contributed by atoms with Gasteiger partial charge in [-0.15, -0.1) is 0 Å². The molecule has 0 saturated carbocycles. The second kappa shape index (κ2) is 3.85. The Balaban J connectivity index is 2.59. The normalized spacial score (nSPS) is 22.9. The number of rotatable bonds is 2. The van der Waals surface area contributed by atoms with Crippen LogP contribution in [0.2, 0.25) is 0 Å². The van der Waals surface area contributed by atoms with Gasteiger partial charge in [-0.05, 0) is 13.0 Å². The Kier molecular flexibility index (Phi) is 2.63. The lowest BCUT2D eigenvalue weighted by atomic mass is 10.1. The Bertz CT molecular complexity index is 555. The van der Waals surface area contributed by atoms with E-state index in [0.717, 1.165) is 0 Å². The van der Waals surface area contributed by atoms with E-state index in [9.17, 15) is 14.7 Å². The van der Waals surface area contributed by atoms with Gasteiger partial charge in [0.15, 0.2) is 5.56 Å². The first-order valence-electron chi connectivity index (χ1n) is 5.29. The molecule has 2 heterocycles. The molecule has 0 saturated heterocycles. The zero-order chi connectivity index (χ0) is 12.6. The van der Waals surface area contributed by atoms with Crippen molar-refractivity contribution in [2.24, 2.45) is 0 Å². The highest BCUT2D eigenvalue weighted by molar-refractivity contribution is 6.05. The Labute approximate surface area is 97.3 Å². The third-order valence-electron chi connectivity index (χ3n) is 2.61. The molecule has 0 bridgehead atoms. The third kappa shape index (κ3) is 1.68. The molecule has 1 aliphatic heterocycles. The summed E-state index contributed by atoms with van der Waals surface area (Å²) in [6.07, 6.45) is 3.32. The Morgan fingerprint density at radius 3 is 2.76 bits per heavy atom. The molecular weight excluding hydrogens is 224 g/mol. The van der Waals surface area contributed by atoms with E-state index >= 15 is 0 Å². The molecule has 0 fully saturated rings. The second-order valence-corrected chi connectivity index (χ2v) is 3.74. The van der Waals surface area contributed by atoms with Crippen molar-refractivity contribution in [3.05, 3.63) is 33.9 Å². The second-order valence-electron chi connectivity index (χ2n) is 3.74. The van der Waals surface area contributed by atoms with Crippen LogP contribution in [0.25, 0.3) is 6.08 Å². The maximum absolute atomic E-state index is 11.8. The fourth-order valence-corrected chi connectivity index (χ4v) is 1.68. The first-order valence-corrected chi connectivity index (χ1v) is 5.29. The fourth-order valence-electron chi connectivity index (χ4n) is 1.68. The van der Waals surface area contributed by atoms with Crippen LogP contribution < -0.4 is 10.4 Å². The van der Waals surface area contributed by atoms with Gasteiger partial charge < -0.3 is 14.3 Å². The molecule has 1 N–H and O–H groups in total. The summed E-state index contributed by atoms with van der Waals surface area (Å²) < 4.78 is 10.1. The molecule has 0 unspecified atom stereocenters. The molecule has 0 aliphatic carbocycles. The summed E-state index contributed by atoms with van der Waals surface area (Å²) in [6, 6.07) is 1.42. The lowest BCUT2D eigenvalue weighted by Crippen LogP contribution is -2.39. The van der Waals surface area contributed by atoms with Gasteiger partial charge in [-0.25, -0.2) is 4.79 Å². The molecule has 0 radical (unpaired) electrons. The van der Waals surface area contributed by atoms with Crippen molar-refractivity contribution in [1.82, 2.24) is 0 Å². The van der Waals surface area contributed by atoms with Gasteiger partial charge in [-0.3, -0.25) is 4.79 Å². The van der Waals surface area contributed by atoms with E-state index in [1.165, 1.54) is 6.07 Å². The summed E-state index contributed by atoms with van der Waals surface area (Å²) in [4.78, 5) is 23.4. The average molecular weight is 236 g/mol. The first-order chi connectivity index (χ1) is 8.01. The number of Topliss-reactive ketones (excluding diaryl/α,β-unsaturated/α-hetero) is 1. The largest absolute Gasteiger partial charge is 0.453 e. The molecule has 0 spiro atoms. The number of ether oxygens (including phenoxy) is 1. The van der Waals surface area contributed by atoms with Crippen LogP contribution in [0, 0.1) is 0 Å². The van der Waals surface area contributed by atoms with Crippen molar-refractivity contribution in [2.45, 2.75) is 26.1 Å². The summed E-state index contributed by atoms with van der Waals surface area (Å²) in [7, 11) is 0. The number of hydrogen-bond donors (Lipinski definition) is 1. The van der Waals surface area contributed by atoms with E-state index in [2.05, 4.69) is 0 Å². The summed E-state index contributed by atoms with van der Waals surface area (Å²) in [5.74, 6) is -2.32. The van der Waals surface area contributed by atoms with Gasteiger partial charge in [0.05, 0.1) is 0 Å². The van der Waals surface area contributed by atoms with Gasteiger partial charge in [0.2, 0.25) is 5.78 Å². The molecule has 5 nitrogen and oxygen atoms in total. The van der Waals surface area contributed by atoms with Crippen molar-refractivity contribution in [1.29, 1.82) is 0 Å². The summed E-state index contributed by atoms with van der Waals surface area (Å²) in [6.45, 7) is 3.36. The van der Waals surface area contributed by atoms with Crippen molar-refractivity contribution < 1.29 is 19.1 Å².